The molecule has 1 aromatic rings. The number of pyridine rings is 1. The van der Waals surface area contributed by atoms with Gasteiger partial charge in [-0.25, -0.2) is 9.37 Å². The number of anilines is 1. The first-order valence-corrected chi connectivity index (χ1v) is 6.60. The minimum atomic E-state index is -0.477. The maximum Gasteiger partial charge on any atom is 0.166 e. The summed E-state index contributed by atoms with van der Waals surface area (Å²) in [7, 11) is 0. The lowest BCUT2D eigenvalue weighted by atomic mass is 9.96. The van der Waals surface area contributed by atoms with Crippen LogP contribution in [-0.2, 0) is 0 Å². The fourth-order valence-corrected chi connectivity index (χ4v) is 2.05. The Hall–Kier alpha value is -0.680. The molecule has 1 atom stereocenters. The molecule has 1 rings (SSSR count). The van der Waals surface area contributed by atoms with Gasteiger partial charge in [-0.2, -0.15) is 0 Å². The lowest BCUT2D eigenvalue weighted by molar-refractivity contribution is 0.114. The van der Waals surface area contributed by atoms with Gasteiger partial charge in [-0.3, -0.25) is 0 Å². The molecule has 0 spiro atoms. The van der Waals surface area contributed by atoms with Crippen LogP contribution >= 0.6 is 15.9 Å². The molecule has 1 heterocycles. The Morgan fingerprint density at radius 3 is 2.65 bits per heavy atom. The number of aliphatic hydroxyl groups is 1. The van der Waals surface area contributed by atoms with Crippen molar-refractivity contribution in [1.29, 1.82) is 0 Å². The fraction of sp³-hybridized carbons (Fsp3) is 0.583. The summed E-state index contributed by atoms with van der Waals surface area (Å²) in [4.78, 5) is 3.92. The fourth-order valence-electron chi connectivity index (χ4n) is 1.75. The minimum Gasteiger partial charge on any atom is -0.391 e. The largest absolute Gasteiger partial charge is 0.391 e. The van der Waals surface area contributed by atoms with Crippen molar-refractivity contribution in [1.82, 2.24) is 4.98 Å². The highest BCUT2D eigenvalue weighted by Crippen LogP contribution is 2.17. The summed E-state index contributed by atoms with van der Waals surface area (Å²) in [5.74, 6) is -0.00432. The van der Waals surface area contributed by atoms with E-state index < -0.39 is 11.9 Å². The molecule has 96 valence electrons. The average Bonchev–Trinajstić information content (AvgIpc) is 2.29. The van der Waals surface area contributed by atoms with Gasteiger partial charge in [-0.15, -0.1) is 0 Å². The Labute approximate surface area is 110 Å². The molecule has 0 saturated heterocycles. The molecule has 0 aliphatic carbocycles. The lowest BCUT2D eigenvalue weighted by Crippen LogP contribution is -2.28. The van der Waals surface area contributed by atoms with Gasteiger partial charge in [0.15, 0.2) is 11.6 Å². The van der Waals surface area contributed by atoms with Crippen LogP contribution in [0.25, 0.3) is 0 Å². The van der Waals surface area contributed by atoms with Crippen molar-refractivity contribution in [2.24, 2.45) is 5.92 Å². The SMILES string of the molecule is CCC(CC)C(O)CNc1ncc(Br)cc1F. The minimum absolute atomic E-state index is 0.179. The molecule has 0 fully saturated rings. The molecule has 0 aromatic carbocycles. The zero-order chi connectivity index (χ0) is 12.8. The van der Waals surface area contributed by atoms with E-state index >= 15 is 0 Å². The summed E-state index contributed by atoms with van der Waals surface area (Å²) in [6.45, 7) is 4.39. The Balaban J connectivity index is 2.55. The Morgan fingerprint density at radius 1 is 1.47 bits per heavy atom. The Kier molecular flexibility index (Phi) is 5.85. The van der Waals surface area contributed by atoms with E-state index in [1.165, 1.54) is 12.3 Å². The number of halogens is 2. The van der Waals surface area contributed by atoms with Gasteiger partial charge in [0, 0.05) is 17.2 Å². The highest BCUT2D eigenvalue weighted by Gasteiger charge is 2.15. The van der Waals surface area contributed by atoms with Gasteiger partial charge in [0.05, 0.1) is 6.10 Å². The van der Waals surface area contributed by atoms with Gasteiger partial charge in [-0.05, 0) is 27.9 Å². The van der Waals surface area contributed by atoms with E-state index in [2.05, 4.69) is 26.2 Å². The smallest absolute Gasteiger partial charge is 0.166 e. The highest BCUT2D eigenvalue weighted by atomic mass is 79.9. The topological polar surface area (TPSA) is 45.1 Å². The number of rotatable bonds is 6. The van der Waals surface area contributed by atoms with Crippen LogP contribution in [-0.4, -0.2) is 22.7 Å². The van der Waals surface area contributed by atoms with Gasteiger partial charge in [0.2, 0.25) is 0 Å². The summed E-state index contributed by atoms with van der Waals surface area (Å²) >= 11 is 3.14. The number of hydrogen-bond acceptors (Lipinski definition) is 3. The molecule has 0 radical (unpaired) electrons. The quantitative estimate of drug-likeness (QED) is 0.848. The molecule has 2 N–H and O–H groups in total. The third-order valence-corrected chi connectivity index (χ3v) is 3.31. The highest BCUT2D eigenvalue weighted by molar-refractivity contribution is 9.10. The summed E-state index contributed by atoms with van der Waals surface area (Å²) in [6.07, 6.45) is 2.87. The maximum atomic E-state index is 13.4. The predicted molar refractivity (Wildman–Crippen MR) is 70.5 cm³/mol. The van der Waals surface area contributed by atoms with Crippen molar-refractivity contribution in [2.75, 3.05) is 11.9 Å². The number of hydrogen-bond donors (Lipinski definition) is 2. The monoisotopic (exact) mass is 304 g/mol. The summed E-state index contributed by atoms with van der Waals surface area (Å²) in [6, 6.07) is 1.35. The number of aliphatic hydroxyl groups excluding tert-OH is 1. The van der Waals surface area contributed by atoms with Crippen LogP contribution < -0.4 is 5.32 Å². The van der Waals surface area contributed by atoms with E-state index in [0.717, 1.165) is 12.8 Å². The van der Waals surface area contributed by atoms with Gasteiger partial charge < -0.3 is 10.4 Å². The second-order valence-electron chi connectivity index (χ2n) is 4.01. The molecule has 0 aliphatic rings. The van der Waals surface area contributed by atoms with Crippen molar-refractivity contribution in [3.63, 3.8) is 0 Å². The van der Waals surface area contributed by atoms with Gasteiger partial charge in [-0.1, -0.05) is 26.7 Å². The first-order valence-electron chi connectivity index (χ1n) is 5.81. The molecular formula is C12H18BrFN2O. The Morgan fingerprint density at radius 2 is 2.12 bits per heavy atom. The number of aromatic nitrogens is 1. The van der Waals surface area contributed by atoms with Crippen molar-refractivity contribution in [3.8, 4) is 0 Å². The van der Waals surface area contributed by atoms with Crippen molar-refractivity contribution in [2.45, 2.75) is 32.8 Å². The molecule has 3 nitrogen and oxygen atoms in total. The van der Waals surface area contributed by atoms with E-state index in [4.69, 9.17) is 0 Å². The van der Waals surface area contributed by atoms with Crippen LogP contribution in [0.2, 0.25) is 0 Å². The number of nitrogens with zero attached hydrogens (tertiary/aromatic N) is 1. The Bertz CT molecular complexity index is 358. The summed E-state index contributed by atoms with van der Waals surface area (Å²) in [5.41, 5.74) is 0. The molecule has 1 aromatic heterocycles. The normalized spacial score (nSPS) is 12.8. The van der Waals surface area contributed by atoms with Gasteiger partial charge in [0.25, 0.3) is 0 Å². The molecular weight excluding hydrogens is 287 g/mol. The van der Waals surface area contributed by atoms with Crippen molar-refractivity contribution in [3.05, 3.63) is 22.6 Å². The van der Waals surface area contributed by atoms with Crippen LogP contribution in [0.4, 0.5) is 10.2 Å². The van der Waals surface area contributed by atoms with Gasteiger partial charge >= 0.3 is 0 Å². The molecule has 1 unspecified atom stereocenters. The van der Waals surface area contributed by atoms with Gasteiger partial charge in [0.1, 0.15) is 0 Å². The van der Waals surface area contributed by atoms with Crippen LogP contribution in [0.5, 0.6) is 0 Å². The lowest BCUT2D eigenvalue weighted by Gasteiger charge is -2.20. The molecule has 0 bridgehead atoms. The van der Waals surface area contributed by atoms with Crippen molar-refractivity contribution < 1.29 is 9.50 Å². The second-order valence-corrected chi connectivity index (χ2v) is 4.92. The van der Waals surface area contributed by atoms with E-state index in [-0.39, 0.29) is 11.7 Å². The predicted octanol–water partition coefficient (Wildman–Crippen LogP) is 3.19. The summed E-state index contributed by atoms with van der Waals surface area (Å²) < 4.78 is 14.0. The third kappa shape index (κ3) is 4.24. The average molecular weight is 305 g/mol. The second kappa shape index (κ2) is 6.91. The van der Waals surface area contributed by atoms with Crippen LogP contribution in [0.15, 0.2) is 16.7 Å². The first kappa shape index (κ1) is 14.4. The zero-order valence-electron chi connectivity index (χ0n) is 10.1. The maximum absolute atomic E-state index is 13.4. The van der Waals surface area contributed by atoms with Crippen molar-refractivity contribution >= 4 is 21.7 Å². The molecule has 0 saturated carbocycles. The van der Waals surface area contributed by atoms with E-state index in [1.54, 1.807) is 0 Å². The zero-order valence-corrected chi connectivity index (χ0v) is 11.7. The standard InChI is InChI=1S/C12H18BrFN2O/c1-3-8(4-2)11(17)7-16-12-10(14)5-9(13)6-15-12/h5-6,8,11,17H,3-4,7H2,1-2H3,(H,15,16). The molecule has 17 heavy (non-hydrogen) atoms. The first-order chi connectivity index (χ1) is 8.08. The molecule has 5 heteroatoms. The van der Waals surface area contributed by atoms with Crippen LogP contribution in [0.3, 0.4) is 0 Å². The van der Waals surface area contributed by atoms with Crippen LogP contribution in [0.1, 0.15) is 26.7 Å². The molecule has 0 amide bonds. The van der Waals surface area contributed by atoms with E-state index in [0.29, 0.717) is 11.0 Å². The number of nitrogens with one attached hydrogen (secondary N) is 1. The van der Waals surface area contributed by atoms with Crippen LogP contribution in [0, 0.1) is 11.7 Å². The summed E-state index contributed by atoms with van der Waals surface area (Å²) in [5, 5.41) is 12.7. The van der Waals surface area contributed by atoms with E-state index in [9.17, 15) is 9.50 Å². The van der Waals surface area contributed by atoms with E-state index in [1.807, 2.05) is 13.8 Å². The third-order valence-electron chi connectivity index (χ3n) is 2.88. The molecule has 0 aliphatic heterocycles.